The number of pyridine rings is 2. The molecule has 16 heavy (non-hydrogen) atoms. The minimum Gasteiger partial charge on any atom is -0.483 e. The standard InChI is InChI=1S/C11H10BrN3O/c12-8-5-10(11(13)15-6-8)16-7-9-3-1-2-4-14-9/h1-6H,7H2,(H2,13,15). The number of nitrogens with zero attached hydrogens (tertiary/aromatic N) is 2. The third kappa shape index (κ3) is 2.70. The molecular formula is C11H10BrN3O. The van der Waals surface area contributed by atoms with Gasteiger partial charge in [0, 0.05) is 16.9 Å². The molecular weight excluding hydrogens is 270 g/mol. The molecule has 0 radical (unpaired) electrons. The van der Waals surface area contributed by atoms with Gasteiger partial charge in [-0.25, -0.2) is 4.98 Å². The first kappa shape index (κ1) is 10.9. The fraction of sp³-hybridized carbons (Fsp3) is 0.0909. The molecule has 0 aromatic carbocycles. The first-order valence-corrected chi connectivity index (χ1v) is 5.49. The fourth-order valence-electron chi connectivity index (χ4n) is 1.18. The number of hydrogen-bond acceptors (Lipinski definition) is 4. The third-order valence-electron chi connectivity index (χ3n) is 1.95. The summed E-state index contributed by atoms with van der Waals surface area (Å²) < 4.78 is 6.35. The van der Waals surface area contributed by atoms with Crippen LogP contribution in [0.4, 0.5) is 5.82 Å². The molecule has 2 aromatic heterocycles. The zero-order valence-corrected chi connectivity index (χ0v) is 10.0. The molecule has 2 heterocycles. The molecule has 2 rings (SSSR count). The molecule has 0 aliphatic rings. The highest BCUT2D eigenvalue weighted by molar-refractivity contribution is 9.10. The number of hydrogen-bond donors (Lipinski definition) is 1. The zero-order valence-electron chi connectivity index (χ0n) is 8.43. The van der Waals surface area contributed by atoms with Crippen LogP contribution in [-0.2, 0) is 6.61 Å². The van der Waals surface area contributed by atoms with Crippen molar-refractivity contribution in [1.82, 2.24) is 9.97 Å². The van der Waals surface area contributed by atoms with Gasteiger partial charge < -0.3 is 10.5 Å². The average Bonchev–Trinajstić information content (AvgIpc) is 2.32. The molecule has 0 atom stereocenters. The maximum atomic E-state index is 5.68. The summed E-state index contributed by atoms with van der Waals surface area (Å²) in [7, 11) is 0. The Balaban J connectivity index is 2.08. The Labute approximate surface area is 102 Å². The van der Waals surface area contributed by atoms with Crippen LogP contribution in [0.3, 0.4) is 0 Å². The number of nitrogen functional groups attached to an aromatic ring is 1. The van der Waals surface area contributed by atoms with Gasteiger partial charge in [-0.3, -0.25) is 4.98 Å². The molecule has 0 saturated carbocycles. The molecule has 0 bridgehead atoms. The zero-order chi connectivity index (χ0) is 11.4. The molecule has 2 aromatic rings. The van der Waals surface area contributed by atoms with Crippen molar-refractivity contribution in [2.75, 3.05) is 5.73 Å². The molecule has 5 heteroatoms. The van der Waals surface area contributed by atoms with E-state index in [4.69, 9.17) is 10.5 Å². The molecule has 0 saturated heterocycles. The van der Waals surface area contributed by atoms with E-state index in [2.05, 4.69) is 25.9 Å². The molecule has 0 aliphatic heterocycles. The van der Waals surface area contributed by atoms with E-state index >= 15 is 0 Å². The maximum absolute atomic E-state index is 5.68. The number of halogens is 1. The lowest BCUT2D eigenvalue weighted by molar-refractivity contribution is 0.302. The van der Waals surface area contributed by atoms with E-state index in [0.29, 0.717) is 18.2 Å². The lowest BCUT2D eigenvalue weighted by atomic mass is 10.4. The van der Waals surface area contributed by atoms with Gasteiger partial charge in [-0.2, -0.15) is 0 Å². The van der Waals surface area contributed by atoms with E-state index in [0.717, 1.165) is 10.2 Å². The second-order valence-electron chi connectivity index (χ2n) is 3.15. The van der Waals surface area contributed by atoms with Crippen molar-refractivity contribution in [3.8, 4) is 5.75 Å². The highest BCUT2D eigenvalue weighted by Gasteiger charge is 2.03. The van der Waals surface area contributed by atoms with Crippen molar-refractivity contribution >= 4 is 21.7 Å². The smallest absolute Gasteiger partial charge is 0.166 e. The van der Waals surface area contributed by atoms with E-state index in [-0.39, 0.29) is 0 Å². The van der Waals surface area contributed by atoms with Crippen LogP contribution in [0.1, 0.15) is 5.69 Å². The summed E-state index contributed by atoms with van der Waals surface area (Å²) in [4.78, 5) is 8.12. The summed E-state index contributed by atoms with van der Waals surface area (Å²) in [5.74, 6) is 0.930. The summed E-state index contributed by atoms with van der Waals surface area (Å²) in [6, 6.07) is 7.44. The third-order valence-corrected chi connectivity index (χ3v) is 2.38. The summed E-state index contributed by atoms with van der Waals surface area (Å²) in [5.41, 5.74) is 6.53. The van der Waals surface area contributed by atoms with Crippen molar-refractivity contribution in [2.24, 2.45) is 0 Å². The minimum absolute atomic E-state index is 0.374. The van der Waals surface area contributed by atoms with Crippen LogP contribution in [0.25, 0.3) is 0 Å². The van der Waals surface area contributed by atoms with Gasteiger partial charge in [0.05, 0.1) is 5.69 Å². The lowest BCUT2D eigenvalue weighted by Gasteiger charge is -2.07. The Hall–Kier alpha value is -1.62. The van der Waals surface area contributed by atoms with E-state index in [1.165, 1.54) is 0 Å². The van der Waals surface area contributed by atoms with E-state index in [1.807, 2.05) is 18.2 Å². The van der Waals surface area contributed by atoms with Crippen LogP contribution in [0, 0.1) is 0 Å². The summed E-state index contributed by atoms with van der Waals surface area (Å²) in [6.07, 6.45) is 3.35. The monoisotopic (exact) mass is 279 g/mol. The van der Waals surface area contributed by atoms with Crippen molar-refractivity contribution in [3.63, 3.8) is 0 Å². The topological polar surface area (TPSA) is 61.0 Å². The number of rotatable bonds is 3. The van der Waals surface area contributed by atoms with E-state index < -0.39 is 0 Å². The molecule has 0 fully saturated rings. The second kappa shape index (κ2) is 4.94. The van der Waals surface area contributed by atoms with Crippen molar-refractivity contribution in [1.29, 1.82) is 0 Å². The highest BCUT2D eigenvalue weighted by atomic mass is 79.9. The Kier molecular flexibility index (Phi) is 3.36. The normalized spacial score (nSPS) is 10.1. The number of nitrogens with two attached hydrogens (primary N) is 1. The highest BCUT2D eigenvalue weighted by Crippen LogP contribution is 2.23. The van der Waals surface area contributed by atoms with Gasteiger partial charge >= 0.3 is 0 Å². The molecule has 4 nitrogen and oxygen atoms in total. The summed E-state index contributed by atoms with van der Waals surface area (Å²) >= 11 is 3.31. The van der Waals surface area contributed by atoms with Crippen LogP contribution in [0.15, 0.2) is 41.1 Å². The SMILES string of the molecule is Nc1ncc(Br)cc1OCc1ccccn1. The van der Waals surface area contributed by atoms with Gasteiger partial charge in [0.15, 0.2) is 11.6 Å². The Morgan fingerprint density at radius 3 is 2.94 bits per heavy atom. The van der Waals surface area contributed by atoms with Crippen LogP contribution in [0.2, 0.25) is 0 Å². The quantitative estimate of drug-likeness (QED) is 0.937. The summed E-state index contributed by atoms with van der Waals surface area (Å²) in [5, 5.41) is 0. The largest absolute Gasteiger partial charge is 0.483 e. The van der Waals surface area contributed by atoms with Gasteiger partial charge in [0.1, 0.15) is 6.61 Å². The molecule has 2 N–H and O–H groups in total. The predicted octanol–water partition coefficient (Wildman–Crippen LogP) is 2.40. The van der Waals surface area contributed by atoms with E-state index in [9.17, 15) is 0 Å². The predicted molar refractivity (Wildman–Crippen MR) is 64.9 cm³/mol. The molecule has 0 spiro atoms. The van der Waals surface area contributed by atoms with Crippen LogP contribution < -0.4 is 10.5 Å². The minimum atomic E-state index is 0.374. The van der Waals surface area contributed by atoms with Crippen molar-refractivity contribution < 1.29 is 4.74 Å². The van der Waals surface area contributed by atoms with Gasteiger partial charge in [-0.1, -0.05) is 6.07 Å². The lowest BCUT2D eigenvalue weighted by Crippen LogP contribution is -2.01. The van der Waals surface area contributed by atoms with Gasteiger partial charge in [0.2, 0.25) is 0 Å². The van der Waals surface area contributed by atoms with E-state index in [1.54, 1.807) is 18.5 Å². The summed E-state index contributed by atoms with van der Waals surface area (Å²) in [6.45, 7) is 0.378. The first-order valence-electron chi connectivity index (χ1n) is 4.69. The average molecular weight is 280 g/mol. The van der Waals surface area contributed by atoms with Crippen LogP contribution in [0.5, 0.6) is 5.75 Å². The number of anilines is 1. The second-order valence-corrected chi connectivity index (χ2v) is 4.06. The van der Waals surface area contributed by atoms with Gasteiger partial charge in [0.25, 0.3) is 0 Å². The maximum Gasteiger partial charge on any atom is 0.166 e. The van der Waals surface area contributed by atoms with Crippen molar-refractivity contribution in [3.05, 3.63) is 46.8 Å². The molecule has 0 amide bonds. The van der Waals surface area contributed by atoms with Crippen molar-refractivity contribution in [2.45, 2.75) is 6.61 Å². The number of aromatic nitrogens is 2. The molecule has 82 valence electrons. The first-order chi connectivity index (χ1) is 7.75. The Morgan fingerprint density at radius 2 is 2.19 bits per heavy atom. The van der Waals surface area contributed by atoms with Crippen LogP contribution >= 0.6 is 15.9 Å². The van der Waals surface area contributed by atoms with Gasteiger partial charge in [-0.05, 0) is 34.1 Å². The Morgan fingerprint density at radius 1 is 1.31 bits per heavy atom. The molecule has 0 aliphatic carbocycles. The number of ether oxygens (including phenoxy) is 1. The van der Waals surface area contributed by atoms with Crippen LogP contribution in [-0.4, -0.2) is 9.97 Å². The molecule has 0 unspecified atom stereocenters. The van der Waals surface area contributed by atoms with Gasteiger partial charge in [-0.15, -0.1) is 0 Å². The fourth-order valence-corrected chi connectivity index (χ4v) is 1.49. The Bertz CT molecular complexity index is 476.